The van der Waals surface area contributed by atoms with Crippen molar-refractivity contribution in [1.82, 2.24) is 5.32 Å². The molecule has 2 unspecified atom stereocenters. The summed E-state index contributed by atoms with van der Waals surface area (Å²) in [6.45, 7) is 1.73. The molecule has 1 aromatic rings. The molecule has 19 heavy (non-hydrogen) atoms. The van der Waals surface area contributed by atoms with Gasteiger partial charge in [0, 0.05) is 18.6 Å². The number of hydrogen-bond donors (Lipinski definition) is 2. The summed E-state index contributed by atoms with van der Waals surface area (Å²) in [7, 11) is 0. The molecule has 0 saturated heterocycles. The van der Waals surface area contributed by atoms with E-state index in [4.69, 9.17) is 5.73 Å². The number of benzene rings is 1. The highest BCUT2D eigenvalue weighted by Crippen LogP contribution is 2.46. The Balaban J connectivity index is 1.61. The van der Waals surface area contributed by atoms with Crippen molar-refractivity contribution in [2.75, 3.05) is 6.54 Å². The summed E-state index contributed by atoms with van der Waals surface area (Å²) >= 11 is 0. The first-order chi connectivity index (χ1) is 9.31. The van der Waals surface area contributed by atoms with E-state index in [0.29, 0.717) is 0 Å². The molecule has 2 nitrogen and oxygen atoms in total. The second-order valence-corrected chi connectivity index (χ2v) is 6.52. The summed E-state index contributed by atoms with van der Waals surface area (Å²) in [6, 6.07) is 10.7. The molecule has 2 aliphatic carbocycles. The fraction of sp³-hybridized carbons (Fsp3) is 0.647. The van der Waals surface area contributed by atoms with Gasteiger partial charge in [-0.1, -0.05) is 43.2 Å². The van der Waals surface area contributed by atoms with Crippen molar-refractivity contribution in [3.8, 4) is 0 Å². The molecule has 0 amide bonds. The van der Waals surface area contributed by atoms with Crippen molar-refractivity contribution in [1.29, 1.82) is 0 Å². The first-order valence-electron chi connectivity index (χ1n) is 7.80. The largest absolute Gasteiger partial charge is 0.329 e. The molecule has 0 bridgehead atoms. The van der Waals surface area contributed by atoms with Crippen molar-refractivity contribution < 1.29 is 0 Å². The minimum atomic E-state index is 0.196. The van der Waals surface area contributed by atoms with Gasteiger partial charge in [0.25, 0.3) is 0 Å². The molecule has 0 aromatic heterocycles. The quantitative estimate of drug-likeness (QED) is 0.852. The van der Waals surface area contributed by atoms with E-state index in [9.17, 15) is 0 Å². The van der Waals surface area contributed by atoms with Crippen LogP contribution in [0, 0.1) is 11.8 Å². The van der Waals surface area contributed by atoms with E-state index in [0.717, 1.165) is 24.9 Å². The number of hydrogen-bond acceptors (Lipinski definition) is 2. The van der Waals surface area contributed by atoms with E-state index in [2.05, 4.69) is 35.6 Å². The Hall–Kier alpha value is -0.860. The topological polar surface area (TPSA) is 38.0 Å². The van der Waals surface area contributed by atoms with Crippen LogP contribution in [0.3, 0.4) is 0 Å². The average molecular weight is 258 g/mol. The van der Waals surface area contributed by atoms with E-state index in [1.54, 1.807) is 0 Å². The Morgan fingerprint density at radius 2 is 1.89 bits per heavy atom. The second-order valence-electron chi connectivity index (χ2n) is 6.52. The summed E-state index contributed by atoms with van der Waals surface area (Å²) in [5.41, 5.74) is 7.68. The maximum absolute atomic E-state index is 6.12. The van der Waals surface area contributed by atoms with Gasteiger partial charge in [-0.25, -0.2) is 0 Å². The van der Waals surface area contributed by atoms with Gasteiger partial charge in [0.05, 0.1) is 0 Å². The van der Waals surface area contributed by atoms with Crippen LogP contribution in [0.15, 0.2) is 30.3 Å². The Morgan fingerprint density at radius 3 is 2.58 bits per heavy atom. The zero-order chi connectivity index (χ0) is 13.1. The lowest BCUT2D eigenvalue weighted by Gasteiger charge is -2.41. The minimum Gasteiger partial charge on any atom is -0.329 e. The third-order valence-corrected chi connectivity index (χ3v) is 5.07. The SMILES string of the molecule is NCC1(NCc2ccccc2)CCCC(C2CC2)C1. The molecular weight excluding hydrogens is 232 g/mol. The summed E-state index contributed by atoms with van der Waals surface area (Å²) in [5, 5.41) is 3.79. The lowest BCUT2D eigenvalue weighted by molar-refractivity contribution is 0.168. The van der Waals surface area contributed by atoms with Gasteiger partial charge in [-0.3, -0.25) is 0 Å². The summed E-state index contributed by atoms with van der Waals surface area (Å²) in [4.78, 5) is 0. The molecule has 2 saturated carbocycles. The van der Waals surface area contributed by atoms with Crippen molar-refractivity contribution in [3.63, 3.8) is 0 Å². The van der Waals surface area contributed by atoms with Crippen LogP contribution in [-0.4, -0.2) is 12.1 Å². The molecule has 2 aliphatic rings. The number of rotatable bonds is 5. The Bertz CT molecular complexity index is 399. The first kappa shape index (κ1) is 13.1. The Labute approximate surface area is 116 Å². The number of nitrogens with two attached hydrogens (primary N) is 1. The van der Waals surface area contributed by atoms with Crippen molar-refractivity contribution in [2.45, 2.75) is 50.6 Å². The molecule has 2 fully saturated rings. The van der Waals surface area contributed by atoms with E-state index >= 15 is 0 Å². The Morgan fingerprint density at radius 1 is 1.11 bits per heavy atom. The molecular formula is C17H26N2. The average Bonchev–Trinajstić information content (AvgIpc) is 3.31. The fourth-order valence-electron chi connectivity index (χ4n) is 3.68. The van der Waals surface area contributed by atoms with E-state index in [1.807, 2.05) is 0 Å². The predicted molar refractivity (Wildman–Crippen MR) is 79.7 cm³/mol. The molecule has 3 rings (SSSR count). The molecule has 2 heteroatoms. The highest BCUT2D eigenvalue weighted by atomic mass is 15.0. The van der Waals surface area contributed by atoms with Gasteiger partial charge in [0.15, 0.2) is 0 Å². The standard InChI is InChI=1S/C17H26N2/c18-13-17(19-12-14-5-2-1-3-6-14)10-4-7-16(11-17)15-8-9-15/h1-3,5-6,15-16,19H,4,7-13,18H2. The third kappa shape index (κ3) is 3.18. The van der Waals surface area contributed by atoms with E-state index < -0.39 is 0 Å². The molecule has 0 aliphatic heterocycles. The van der Waals surface area contributed by atoms with Gasteiger partial charge in [-0.2, -0.15) is 0 Å². The molecule has 1 aromatic carbocycles. The van der Waals surface area contributed by atoms with E-state index in [1.165, 1.54) is 44.1 Å². The van der Waals surface area contributed by atoms with Gasteiger partial charge < -0.3 is 11.1 Å². The van der Waals surface area contributed by atoms with Crippen LogP contribution < -0.4 is 11.1 Å². The lowest BCUT2D eigenvalue weighted by atomic mass is 9.73. The first-order valence-corrected chi connectivity index (χ1v) is 7.80. The molecule has 3 N–H and O–H groups in total. The zero-order valence-corrected chi connectivity index (χ0v) is 11.8. The van der Waals surface area contributed by atoms with Gasteiger partial charge in [-0.05, 0) is 43.1 Å². The van der Waals surface area contributed by atoms with Crippen molar-refractivity contribution in [2.24, 2.45) is 17.6 Å². The molecule has 0 spiro atoms. The maximum Gasteiger partial charge on any atom is 0.0309 e. The Kier molecular flexibility index (Phi) is 3.90. The second kappa shape index (κ2) is 5.64. The van der Waals surface area contributed by atoms with Crippen LogP contribution in [-0.2, 0) is 6.54 Å². The van der Waals surface area contributed by atoms with Crippen LogP contribution in [0.4, 0.5) is 0 Å². The molecule has 0 radical (unpaired) electrons. The molecule has 0 heterocycles. The highest BCUT2D eigenvalue weighted by molar-refractivity contribution is 5.15. The predicted octanol–water partition coefficient (Wildman–Crippen LogP) is 3.07. The van der Waals surface area contributed by atoms with Gasteiger partial charge >= 0.3 is 0 Å². The van der Waals surface area contributed by atoms with Crippen LogP contribution in [0.2, 0.25) is 0 Å². The summed E-state index contributed by atoms with van der Waals surface area (Å²) in [5.74, 6) is 1.95. The lowest BCUT2D eigenvalue weighted by Crippen LogP contribution is -2.53. The molecule has 104 valence electrons. The fourth-order valence-corrected chi connectivity index (χ4v) is 3.68. The van der Waals surface area contributed by atoms with Crippen LogP contribution in [0.25, 0.3) is 0 Å². The van der Waals surface area contributed by atoms with E-state index in [-0.39, 0.29) is 5.54 Å². The summed E-state index contributed by atoms with van der Waals surface area (Å²) < 4.78 is 0. The molecule has 2 atom stereocenters. The van der Waals surface area contributed by atoms with Crippen LogP contribution in [0.1, 0.15) is 44.1 Å². The zero-order valence-electron chi connectivity index (χ0n) is 11.8. The number of nitrogens with one attached hydrogen (secondary N) is 1. The highest BCUT2D eigenvalue weighted by Gasteiger charge is 2.40. The normalized spacial score (nSPS) is 31.3. The summed E-state index contributed by atoms with van der Waals surface area (Å²) in [6.07, 6.45) is 8.24. The van der Waals surface area contributed by atoms with Crippen LogP contribution >= 0.6 is 0 Å². The smallest absolute Gasteiger partial charge is 0.0309 e. The van der Waals surface area contributed by atoms with Gasteiger partial charge in [0.2, 0.25) is 0 Å². The van der Waals surface area contributed by atoms with Crippen molar-refractivity contribution in [3.05, 3.63) is 35.9 Å². The monoisotopic (exact) mass is 258 g/mol. The van der Waals surface area contributed by atoms with Gasteiger partial charge in [0.1, 0.15) is 0 Å². The maximum atomic E-state index is 6.12. The van der Waals surface area contributed by atoms with Crippen LogP contribution in [0.5, 0.6) is 0 Å². The van der Waals surface area contributed by atoms with Gasteiger partial charge in [-0.15, -0.1) is 0 Å². The minimum absolute atomic E-state index is 0.196. The van der Waals surface area contributed by atoms with Crippen molar-refractivity contribution >= 4 is 0 Å². The third-order valence-electron chi connectivity index (χ3n) is 5.07.